The number of rotatable bonds is 21. The molecule has 41 heavy (non-hydrogen) atoms. The number of aliphatic hydroxyl groups excluding tert-OH is 2. The van der Waals surface area contributed by atoms with Gasteiger partial charge in [0, 0.05) is 75.6 Å². The Kier molecular flexibility index (Phi) is 19.0. The van der Waals surface area contributed by atoms with Gasteiger partial charge in [-0.25, -0.2) is 0 Å². The number of hydrogen-bond donors (Lipinski definition) is 12. The van der Waals surface area contributed by atoms with Crippen molar-refractivity contribution < 1.29 is 29.4 Å². The maximum Gasteiger partial charge on any atom is 0.247 e. The highest BCUT2D eigenvalue weighted by Gasteiger charge is 2.16. The summed E-state index contributed by atoms with van der Waals surface area (Å²) in [7, 11) is 0. The maximum atomic E-state index is 12.2. The van der Waals surface area contributed by atoms with Crippen molar-refractivity contribution in [3.8, 4) is 0 Å². The first-order chi connectivity index (χ1) is 19.2. The van der Waals surface area contributed by atoms with Crippen LogP contribution in [0.15, 0.2) is 23.8 Å². The molecule has 0 radical (unpaired) electrons. The normalized spacial score (nSPS) is 14.4. The number of carbonyl (C=O) groups excluding carboxylic acids is 4. The predicted molar refractivity (Wildman–Crippen MR) is 154 cm³/mol. The minimum Gasteiger partial charge on any atom is -0.391 e. The average molecular weight is 583 g/mol. The second kappa shape index (κ2) is 21.0. The number of allylic oxidation sites excluding steroid dienone is 2. The van der Waals surface area contributed by atoms with E-state index in [1.54, 1.807) is 0 Å². The highest BCUT2D eigenvalue weighted by atomic mass is 16.3. The molecule has 0 saturated carbocycles. The van der Waals surface area contributed by atoms with Crippen LogP contribution in [0, 0.1) is 10.8 Å². The molecular formula is C25H46N10O6. The average Bonchev–Trinajstić information content (AvgIpc) is 2.85. The van der Waals surface area contributed by atoms with E-state index in [1.165, 1.54) is 25.2 Å². The van der Waals surface area contributed by atoms with Gasteiger partial charge in [-0.05, 0) is 19.8 Å². The number of nitrogens with two attached hydrogens (primary N) is 4. The second-order valence-electron chi connectivity index (χ2n) is 9.62. The summed E-state index contributed by atoms with van der Waals surface area (Å²) in [5, 5.41) is 44.5. The van der Waals surface area contributed by atoms with Crippen molar-refractivity contribution in [2.24, 2.45) is 22.9 Å². The zero-order valence-electron chi connectivity index (χ0n) is 23.4. The molecule has 0 aliphatic heterocycles. The highest BCUT2D eigenvalue weighted by molar-refractivity contribution is 5.93. The van der Waals surface area contributed by atoms with E-state index in [2.05, 4.69) is 21.3 Å². The molecule has 0 rings (SSSR count). The molecular weight excluding hydrogens is 536 g/mol. The first-order valence-corrected chi connectivity index (χ1v) is 13.2. The smallest absolute Gasteiger partial charge is 0.247 e. The van der Waals surface area contributed by atoms with Crippen LogP contribution in [0.4, 0.5) is 0 Å². The lowest BCUT2D eigenvalue weighted by Crippen LogP contribution is -2.39. The van der Waals surface area contributed by atoms with Crippen LogP contribution in [0.1, 0.15) is 45.4 Å². The molecule has 0 heterocycles. The van der Waals surface area contributed by atoms with Crippen molar-refractivity contribution in [3.05, 3.63) is 23.8 Å². The van der Waals surface area contributed by atoms with Gasteiger partial charge in [0.1, 0.15) is 0 Å². The zero-order valence-corrected chi connectivity index (χ0v) is 23.4. The Hall–Kier alpha value is -3.86. The van der Waals surface area contributed by atoms with E-state index in [9.17, 15) is 29.4 Å². The molecule has 16 N–H and O–H groups in total. The zero-order chi connectivity index (χ0) is 31.4. The van der Waals surface area contributed by atoms with E-state index < -0.39 is 36.1 Å². The molecule has 16 heteroatoms. The van der Waals surface area contributed by atoms with Crippen molar-refractivity contribution in [1.29, 1.82) is 10.8 Å². The molecule has 0 aliphatic rings. The molecule has 0 saturated heterocycles. The molecule has 232 valence electrons. The summed E-state index contributed by atoms with van der Waals surface area (Å²) in [5.41, 5.74) is 22.4. The molecule has 0 spiro atoms. The summed E-state index contributed by atoms with van der Waals surface area (Å²) >= 11 is 0. The third kappa shape index (κ3) is 21.6. The fourth-order valence-corrected chi connectivity index (χ4v) is 3.31. The lowest BCUT2D eigenvalue weighted by molar-refractivity contribution is -0.122. The predicted octanol–water partition coefficient (Wildman–Crippen LogP) is -3.46. The number of carbonyl (C=O) groups is 4. The van der Waals surface area contributed by atoms with Crippen LogP contribution in [0.2, 0.25) is 0 Å². The fraction of sp³-hybridized carbons (Fsp3) is 0.600. The molecule has 0 aromatic heterocycles. The number of amidine groups is 2. The summed E-state index contributed by atoms with van der Waals surface area (Å²) < 4.78 is 0. The van der Waals surface area contributed by atoms with E-state index in [4.69, 9.17) is 33.8 Å². The third-order valence-corrected chi connectivity index (χ3v) is 5.44. The molecule has 0 aromatic carbocycles. The Morgan fingerprint density at radius 1 is 0.780 bits per heavy atom. The Morgan fingerprint density at radius 3 is 1.66 bits per heavy atom. The van der Waals surface area contributed by atoms with Crippen molar-refractivity contribution in [3.63, 3.8) is 0 Å². The summed E-state index contributed by atoms with van der Waals surface area (Å²) in [5.74, 6) is -1.73. The van der Waals surface area contributed by atoms with Gasteiger partial charge in [-0.2, -0.15) is 0 Å². The van der Waals surface area contributed by atoms with Gasteiger partial charge in [0.25, 0.3) is 0 Å². The van der Waals surface area contributed by atoms with Crippen LogP contribution in [-0.4, -0.2) is 96.0 Å². The van der Waals surface area contributed by atoms with Crippen molar-refractivity contribution in [2.75, 3.05) is 26.2 Å². The minimum atomic E-state index is -0.978. The topological polar surface area (TPSA) is 309 Å². The minimum absolute atomic E-state index is 0.0287. The van der Waals surface area contributed by atoms with Crippen LogP contribution in [0.25, 0.3) is 0 Å². The Balaban J connectivity index is 4.29. The van der Waals surface area contributed by atoms with Gasteiger partial charge in [0.05, 0.1) is 23.9 Å². The van der Waals surface area contributed by atoms with E-state index in [-0.39, 0.29) is 93.8 Å². The van der Waals surface area contributed by atoms with Gasteiger partial charge >= 0.3 is 0 Å². The summed E-state index contributed by atoms with van der Waals surface area (Å²) in [4.78, 5) is 47.7. The van der Waals surface area contributed by atoms with Crippen molar-refractivity contribution in [1.82, 2.24) is 21.3 Å². The molecule has 4 amide bonds. The van der Waals surface area contributed by atoms with Gasteiger partial charge in [-0.15, -0.1) is 0 Å². The molecule has 0 aliphatic carbocycles. The Morgan fingerprint density at radius 2 is 1.22 bits per heavy atom. The number of nitrogens with one attached hydrogen (secondary N) is 6. The second-order valence-corrected chi connectivity index (χ2v) is 9.62. The summed E-state index contributed by atoms with van der Waals surface area (Å²) in [6, 6.07) is -1.26. The number of aliphatic hydroxyl groups is 2. The van der Waals surface area contributed by atoms with E-state index in [0.29, 0.717) is 0 Å². The fourth-order valence-electron chi connectivity index (χ4n) is 3.31. The third-order valence-electron chi connectivity index (χ3n) is 5.44. The molecule has 0 aromatic rings. The first kappa shape index (κ1) is 37.1. The highest BCUT2D eigenvalue weighted by Crippen LogP contribution is 2.02. The summed E-state index contributed by atoms with van der Waals surface area (Å²) in [6.07, 6.45) is 2.52. The van der Waals surface area contributed by atoms with E-state index in [1.807, 2.05) is 0 Å². The van der Waals surface area contributed by atoms with Gasteiger partial charge in [-0.1, -0.05) is 12.2 Å². The molecule has 0 unspecified atom stereocenters. The molecule has 0 bridgehead atoms. The molecule has 16 nitrogen and oxygen atoms in total. The lowest BCUT2D eigenvalue weighted by Gasteiger charge is -2.17. The van der Waals surface area contributed by atoms with Gasteiger partial charge in [0.15, 0.2) is 0 Å². The van der Waals surface area contributed by atoms with Crippen LogP contribution in [0.5, 0.6) is 0 Å². The lowest BCUT2D eigenvalue weighted by atomic mass is 10.1. The monoisotopic (exact) mass is 582 g/mol. The molecule has 4 atom stereocenters. The van der Waals surface area contributed by atoms with Crippen molar-refractivity contribution >= 4 is 35.3 Å². The van der Waals surface area contributed by atoms with Gasteiger partial charge in [0.2, 0.25) is 23.6 Å². The van der Waals surface area contributed by atoms with Crippen LogP contribution in [0.3, 0.4) is 0 Å². The van der Waals surface area contributed by atoms with Crippen LogP contribution < -0.4 is 44.2 Å². The van der Waals surface area contributed by atoms with Crippen LogP contribution in [-0.2, 0) is 19.2 Å². The molecule has 0 fully saturated rings. The number of amides is 4. The Labute approximate surface area is 239 Å². The van der Waals surface area contributed by atoms with Gasteiger partial charge < -0.3 is 54.4 Å². The summed E-state index contributed by atoms with van der Waals surface area (Å²) in [6.45, 7) is 1.79. The van der Waals surface area contributed by atoms with Crippen LogP contribution >= 0.6 is 0 Å². The van der Waals surface area contributed by atoms with Crippen molar-refractivity contribution in [2.45, 2.75) is 69.7 Å². The maximum absolute atomic E-state index is 12.2. The van der Waals surface area contributed by atoms with Gasteiger partial charge in [-0.3, -0.25) is 30.0 Å². The largest absolute Gasteiger partial charge is 0.391 e. The standard InChI is InChI=1S/C25H46N10O6/c1-15(25(41)35-14-19(37)10-17(27)12-24(40)33-8-6-21(30)31)3-2-4-22(38)34-13-18(36)9-16(26)11-23(39)32-7-5-20(28)29/h2-4,16-19,36-37H,5-14,26-27H2,1H3,(H3,28,29)(H3,30,31)(H,32,39)(H,33,40)(H,34,38)(H,35,41)/b4-2+,15-3+/t16-,17-,18-,19-/m1/s1. The Bertz CT molecular complexity index is 955. The number of hydrogen-bond acceptors (Lipinski definition) is 10. The SMILES string of the molecule is C/C(=C\C=C\C(=O)NC[C@H](O)C[C@@H](N)CC(=O)NCCC(=N)N)C(=O)NC[C@H](O)C[C@@H](N)CC(=O)NCCC(=N)N. The van der Waals surface area contributed by atoms with E-state index in [0.717, 1.165) is 0 Å². The quantitative estimate of drug-likeness (QED) is 0.0274. The first-order valence-electron chi connectivity index (χ1n) is 13.2. The van der Waals surface area contributed by atoms with E-state index >= 15 is 0 Å².